The van der Waals surface area contributed by atoms with E-state index in [1.807, 2.05) is 31.2 Å². The van der Waals surface area contributed by atoms with Gasteiger partial charge in [-0.2, -0.15) is 0 Å². The van der Waals surface area contributed by atoms with Gasteiger partial charge < -0.3 is 20.1 Å². The van der Waals surface area contributed by atoms with E-state index in [2.05, 4.69) is 34.5 Å². The third-order valence-electron chi connectivity index (χ3n) is 6.25. The van der Waals surface area contributed by atoms with E-state index in [9.17, 15) is 14.7 Å². The van der Waals surface area contributed by atoms with Gasteiger partial charge in [0.05, 0.1) is 0 Å². The summed E-state index contributed by atoms with van der Waals surface area (Å²) in [7, 11) is 0. The Morgan fingerprint density at radius 3 is 2.14 bits per heavy atom. The number of ether oxygens (including phenoxy) is 1. The Morgan fingerprint density at radius 2 is 1.62 bits per heavy atom. The van der Waals surface area contributed by atoms with E-state index in [-0.39, 0.29) is 12.5 Å². The van der Waals surface area contributed by atoms with Crippen molar-refractivity contribution in [2.45, 2.75) is 31.2 Å². The molecule has 2 N–H and O–H groups in total. The van der Waals surface area contributed by atoms with Gasteiger partial charge in [0.25, 0.3) is 0 Å². The van der Waals surface area contributed by atoms with Gasteiger partial charge >= 0.3 is 12.1 Å². The highest BCUT2D eigenvalue weighted by Crippen LogP contribution is 2.44. The molecule has 6 nitrogen and oxygen atoms in total. The lowest BCUT2D eigenvalue weighted by molar-refractivity contribution is -0.146. The smallest absolute Gasteiger partial charge is 0.408 e. The first-order chi connectivity index (χ1) is 14.0. The molecule has 4 rings (SSSR count). The highest BCUT2D eigenvalue weighted by atomic mass is 16.5. The lowest BCUT2D eigenvalue weighted by Gasteiger charge is -2.38. The predicted octanol–water partition coefficient (Wildman–Crippen LogP) is 3.46. The van der Waals surface area contributed by atoms with Gasteiger partial charge in [-0.1, -0.05) is 55.5 Å². The summed E-state index contributed by atoms with van der Waals surface area (Å²) in [4.78, 5) is 26.6. The fourth-order valence-electron chi connectivity index (χ4n) is 4.47. The zero-order chi connectivity index (χ0) is 20.4. The molecule has 6 heteroatoms. The molecule has 0 atom stereocenters. The molecule has 29 heavy (non-hydrogen) atoms. The molecule has 0 radical (unpaired) electrons. The summed E-state index contributed by atoms with van der Waals surface area (Å²) >= 11 is 0. The molecule has 0 spiro atoms. The first kappa shape index (κ1) is 19.5. The Labute approximate surface area is 170 Å². The molecule has 0 bridgehead atoms. The maximum absolute atomic E-state index is 12.5. The van der Waals surface area contributed by atoms with Gasteiger partial charge in [-0.3, -0.25) is 0 Å². The number of nitrogens with one attached hydrogen (secondary N) is 1. The predicted molar refractivity (Wildman–Crippen MR) is 110 cm³/mol. The Morgan fingerprint density at radius 1 is 1.07 bits per heavy atom. The van der Waals surface area contributed by atoms with Crippen LogP contribution in [0.3, 0.4) is 0 Å². The molecule has 2 aromatic rings. The van der Waals surface area contributed by atoms with Crippen molar-refractivity contribution >= 4 is 12.1 Å². The molecule has 0 unspecified atom stereocenters. The molecule has 0 aromatic heterocycles. The minimum Gasteiger partial charge on any atom is -0.480 e. The summed E-state index contributed by atoms with van der Waals surface area (Å²) in [6, 6.07) is 16.2. The Kier molecular flexibility index (Phi) is 5.28. The maximum atomic E-state index is 12.5. The third kappa shape index (κ3) is 3.60. The average Bonchev–Trinajstić information content (AvgIpc) is 3.06. The van der Waals surface area contributed by atoms with E-state index in [1.165, 1.54) is 0 Å². The molecule has 1 amide bonds. The molecule has 2 aliphatic rings. The summed E-state index contributed by atoms with van der Waals surface area (Å²) in [6.07, 6.45) is 0.0833. The van der Waals surface area contributed by atoms with Gasteiger partial charge in [-0.25, -0.2) is 9.59 Å². The molecule has 1 aliphatic carbocycles. The van der Waals surface area contributed by atoms with Gasteiger partial charge in [-0.15, -0.1) is 0 Å². The third-order valence-corrected chi connectivity index (χ3v) is 6.25. The van der Waals surface area contributed by atoms with E-state index in [4.69, 9.17) is 4.74 Å². The number of carboxylic acid groups (broad SMARTS) is 1. The summed E-state index contributed by atoms with van der Waals surface area (Å²) in [5.74, 6) is -1.04. The number of carbonyl (C=O) groups is 2. The van der Waals surface area contributed by atoms with Crippen LogP contribution in [0.15, 0.2) is 48.5 Å². The number of nitrogens with zero attached hydrogens (tertiary/aromatic N) is 1. The first-order valence-corrected chi connectivity index (χ1v) is 10.1. The van der Waals surface area contributed by atoms with E-state index < -0.39 is 17.6 Å². The normalized spacial score (nSPS) is 18.0. The summed E-state index contributed by atoms with van der Waals surface area (Å²) in [5.41, 5.74) is 3.32. The van der Waals surface area contributed by atoms with Crippen LogP contribution in [-0.2, 0) is 9.53 Å². The largest absolute Gasteiger partial charge is 0.480 e. The second-order valence-electron chi connectivity index (χ2n) is 7.77. The van der Waals surface area contributed by atoms with E-state index >= 15 is 0 Å². The highest BCUT2D eigenvalue weighted by Gasteiger charge is 2.43. The standard InChI is InChI=1S/C23H26N2O4/c1-2-25-13-11-23(12-14-25,21(26)27)24-22(28)29-15-20-18-9-5-3-7-16(18)17-8-4-6-10-19(17)20/h3-10,20H,2,11-15H2,1H3,(H,24,28)(H,26,27). The first-order valence-electron chi connectivity index (χ1n) is 10.1. The number of carboxylic acids is 1. The highest BCUT2D eigenvalue weighted by molar-refractivity contribution is 5.84. The van der Waals surface area contributed by atoms with E-state index in [0.29, 0.717) is 25.9 Å². The monoisotopic (exact) mass is 394 g/mol. The lowest BCUT2D eigenvalue weighted by Crippen LogP contribution is -2.60. The zero-order valence-corrected chi connectivity index (χ0v) is 16.6. The van der Waals surface area contributed by atoms with Crippen LogP contribution in [0.4, 0.5) is 4.79 Å². The van der Waals surface area contributed by atoms with Gasteiger partial charge in [0.1, 0.15) is 12.1 Å². The van der Waals surface area contributed by atoms with Gasteiger partial charge in [0.2, 0.25) is 0 Å². The van der Waals surface area contributed by atoms with Crippen LogP contribution in [0.5, 0.6) is 0 Å². The van der Waals surface area contributed by atoms with Gasteiger partial charge in [0.15, 0.2) is 0 Å². The van der Waals surface area contributed by atoms with Crippen molar-refractivity contribution < 1.29 is 19.4 Å². The van der Waals surface area contributed by atoms with Gasteiger partial charge in [-0.05, 0) is 41.6 Å². The molecule has 1 aliphatic heterocycles. The molecule has 1 heterocycles. The van der Waals surface area contributed by atoms with Crippen LogP contribution in [0.1, 0.15) is 36.8 Å². The van der Waals surface area contributed by atoms with Crippen molar-refractivity contribution in [2.75, 3.05) is 26.2 Å². The number of amides is 1. The van der Waals surface area contributed by atoms with Crippen molar-refractivity contribution in [3.63, 3.8) is 0 Å². The quantitative estimate of drug-likeness (QED) is 0.812. The number of hydrogen-bond acceptors (Lipinski definition) is 4. The van der Waals surface area contributed by atoms with Crippen LogP contribution < -0.4 is 5.32 Å². The lowest BCUT2D eigenvalue weighted by atomic mass is 9.87. The Hall–Kier alpha value is -2.86. The van der Waals surface area contributed by atoms with Crippen LogP contribution in [-0.4, -0.2) is 53.8 Å². The number of carbonyl (C=O) groups excluding carboxylic acids is 1. The Balaban J connectivity index is 1.45. The second kappa shape index (κ2) is 7.87. The summed E-state index contributed by atoms with van der Waals surface area (Å²) in [6.45, 7) is 4.39. The van der Waals surface area contributed by atoms with Crippen molar-refractivity contribution in [2.24, 2.45) is 0 Å². The molecule has 2 aromatic carbocycles. The molecule has 152 valence electrons. The molecular formula is C23H26N2O4. The number of hydrogen-bond donors (Lipinski definition) is 2. The fourth-order valence-corrected chi connectivity index (χ4v) is 4.47. The fraction of sp³-hybridized carbons (Fsp3) is 0.391. The number of benzene rings is 2. The van der Waals surface area contributed by atoms with Crippen LogP contribution in [0, 0.1) is 0 Å². The average molecular weight is 394 g/mol. The molecular weight excluding hydrogens is 368 g/mol. The van der Waals surface area contributed by atoms with Crippen molar-refractivity contribution in [3.8, 4) is 11.1 Å². The number of piperidine rings is 1. The maximum Gasteiger partial charge on any atom is 0.408 e. The topological polar surface area (TPSA) is 78.9 Å². The van der Waals surface area contributed by atoms with Crippen LogP contribution in [0.25, 0.3) is 11.1 Å². The minimum atomic E-state index is -1.26. The zero-order valence-electron chi connectivity index (χ0n) is 16.6. The second-order valence-corrected chi connectivity index (χ2v) is 7.77. The summed E-state index contributed by atoms with van der Waals surface area (Å²) < 4.78 is 5.54. The summed E-state index contributed by atoms with van der Waals surface area (Å²) in [5, 5.41) is 12.4. The van der Waals surface area contributed by atoms with Crippen LogP contribution in [0.2, 0.25) is 0 Å². The van der Waals surface area contributed by atoms with Crippen molar-refractivity contribution in [1.29, 1.82) is 0 Å². The van der Waals surface area contributed by atoms with Crippen molar-refractivity contribution in [3.05, 3.63) is 59.7 Å². The number of aliphatic carboxylic acids is 1. The molecule has 1 saturated heterocycles. The Bertz CT molecular complexity index is 873. The van der Waals surface area contributed by atoms with Crippen LogP contribution >= 0.6 is 0 Å². The molecule has 1 fully saturated rings. The van der Waals surface area contributed by atoms with E-state index in [0.717, 1.165) is 28.8 Å². The van der Waals surface area contributed by atoms with Crippen molar-refractivity contribution in [1.82, 2.24) is 10.2 Å². The van der Waals surface area contributed by atoms with Gasteiger partial charge in [0, 0.05) is 19.0 Å². The minimum absolute atomic E-state index is 0.0455. The SMILES string of the molecule is CCN1CCC(NC(=O)OCC2c3ccccc3-c3ccccc32)(C(=O)O)CC1. The number of fused-ring (bicyclic) bond motifs is 3. The van der Waals surface area contributed by atoms with E-state index in [1.54, 1.807) is 0 Å². The number of alkyl carbamates (subject to hydrolysis) is 1. The number of likely N-dealkylation sites (tertiary alicyclic amines) is 1. The number of rotatable bonds is 5. The molecule has 0 saturated carbocycles.